The molecule has 116 valence electrons. The molecule has 0 amide bonds. The Bertz CT molecular complexity index is 536. The summed E-state index contributed by atoms with van der Waals surface area (Å²) in [4.78, 5) is 3.52. The van der Waals surface area contributed by atoms with Crippen LogP contribution in [0.2, 0.25) is 0 Å². The van der Waals surface area contributed by atoms with Gasteiger partial charge in [-0.15, -0.1) is 11.3 Å². The highest BCUT2D eigenvalue weighted by Gasteiger charge is 2.21. The van der Waals surface area contributed by atoms with Gasteiger partial charge in [0.25, 0.3) is 0 Å². The first-order valence-electron chi connectivity index (χ1n) is 7.09. The molecule has 0 saturated carbocycles. The number of methoxy groups -OCH3 is 1. The highest BCUT2D eigenvalue weighted by Crippen LogP contribution is 2.28. The van der Waals surface area contributed by atoms with Crippen molar-refractivity contribution in [2.45, 2.75) is 19.0 Å². The van der Waals surface area contributed by atoms with Gasteiger partial charge in [0.15, 0.2) is 5.75 Å². The fourth-order valence-electron chi connectivity index (χ4n) is 2.32. The fraction of sp³-hybridized carbons (Fsp3) is 0.533. The van der Waals surface area contributed by atoms with Crippen molar-refractivity contribution in [3.8, 4) is 5.75 Å². The molecule has 2 rings (SSSR count). The highest BCUT2D eigenvalue weighted by atomic mass is 32.1. The molecule has 6 heteroatoms. The van der Waals surface area contributed by atoms with Crippen molar-refractivity contribution in [2.24, 2.45) is 0 Å². The summed E-state index contributed by atoms with van der Waals surface area (Å²) < 4.78 is 7.55. The van der Waals surface area contributed by atoms with Gasteiger partial charge in [-0.1, -0.05) is 6.07 Å². The molecule has 1 N–H and O–H groups in total. The predicted molar refractivity (Wildman–Crippen MR) is 87.2 cm³/mol. The summed E-state index contributed by atoms with van der Waals surface area (Å²) in [5, 5.41) is 10.00. The van der Waals surface area contributed by atoms with Gasteiger partial charge < -0.3 is 15.0 Å². The number of ether oxygens (including phenoxy) is 1. The van der Waals surface area contributed by atoms with Crippen molar-refractivity contribution in [3.05, 3.63) is 34.3 Å². The molecule has 1 atom stereocenters. The lowest BCUT2D eigenvalue weighted by Gasteiger charge is -2.20. The van der Waals surface area contributed by atoms with Crippen molar-refractivity contribution in [3.63, 3.8) is 0 Å². The lowest BCUT2D eigenvalue weighted by atomic mass is 10.1. The Kier molecular flexibility index (Phi) is 5.78. The Balaban J connectivity index is 2.23. The Morgan fingerprint density at radius 1 is 1.48 bits per heavy atom. The van der Waals surface area contributed by atoms with Crippen LogP contribution in [0, 0.1) is 0 Å². The van der Waals surface area contributed by atoms with E-state index in [0.29, 0.717) is 0 Å². The third-order valence-corrected chi connectivity index (χ3v) is 4.39. The standard InChI is InChI=1S/C15H24N4OS/c1-16-13(10-12-6-5-9-21-12)15-14(20-4)11-17-19(15)8-7-18(2)3/h5-6,9,11,13,16H,7-8,10H2,1-4H3. The first-order valence-corrected chi connectivity index (χ1v) is 7.97. The van der Waals surface area contributed by atoms with Gasteiger partial charge in [0.2, 0.25) is 0 Å². The minimum Gasteiger partial charge on any atom is -0.493 e. The van der Waals surface area contributed by atoms with Gasteiger partial charge in [0.1, 0.15) is 0 Å². The van der Waals surface area contributed by atoms with Crippen LogP contribution in [-0.4, -0.2) is 49.5 Å². The van der Waals surface area contributed by atoms with Crippen LogP contribution in [0.25, 0.3) is 0 Å². The first-order chi connectivity index (χ1) is 10.2. The maximum atomic E-state index is 5.50. The van der Waals surface area contributed by atoms with E-state index in [1.807, 2.05) is 17.9 Å². The Morgan fingerprint density at radius 2 is 2.29 bits per heavy atom. The number of nitrogens with zero attached hydrogens (tertiary/aromatic N) is 3. The van der Waals surface area contributed by atoms with Crippen molar-refractivity contribution >= 4 is 11.3 Å². The Labute approximate surface area is 130 Å². The molecule has 2 aromatic heterocycles. The summed E-state index contributed by atoms with van der Waals surface area (Å²) >= 11 is 1.78. The van der Waals surface area contributed by atoms with E-state index in [0.717, 1.165) is 31.0 Å². The molecule has 1 unspecified atom stereocenters. The lowest BCUT2D eigenvalue weighted by Crippen LogP contribution is -2.26. The molecule has 0 bridgehead atoms. The predicted octanol–water partition coefficient (Wildman–Crippen LogP) is 2.02. The molecule has 0 aromatic carbocycles. The second-order valence-corrected chi connectivity index (χ2v) is 6.28. The second kappa shape index (κ2) is 7.59. The summed E-state index contributed by atoms with van der Waals surface area (Å²) in [7, 11) is 7.83. The monoisotopic (exact) mass is 308 g/mol. The molecule has 0 aliphatic heterocycles. The molecular weight excluding hydrogens is 284 g/mol. The van der Waals surface area contributed by atoms with E-state index in [4.69, 9.17) is 4.74 Å². The number of nitrogens with one attached hydrogen (secondary N) is 1. The Hall–Kier alpha value is -1.37. The smallest absolute Gasteiger partial charge is 0.161 e. The minimum atomic E-state index is 0.197. The lowest BCUT2D eigenvalue weighted by molar-refractivity contribution is 0.356. The van der Waals surface area contributed by atoms with Crippen LogP contribution in [0.5, 0.6) is 5.75 Å². The van der Waals surface area contributed by atoms with Crippen LogP contribution in [0.1, 0.15) is 16.6 Å². The maximum Gasteiger partial charge on any atom is 0.161 e. The van der Waals surface area contributed by atoms with Gasteiger partial charge >= 0.3 is 0 Å². The van der Waals surface area contributed by atoms with Crippen LogP contribution < -0.4 is 10.1 Å². The van der Waals surface area contributed by atoms with Crippen LogP contribution in [-0.2, 0) is 13.0 Å². The molecule has 0 saturated heterocycles. The van der Waals surface area contributed by atoms with E-state index < -0.39 is 0 Å². The van der Waals surface area contributed by atoms with E-state index in [1.165, 1.54) is 4.88 Å². The topological polar surface area (TPSA) is 42.3 Å². The molecule has 2 heterocycles. The molecular formula is C15H24N4OS. The second-order valence-electron chi connectivity index (χ2n) is 5.25. The summed E-state index contributed by atoms with van der Waals surface area (Å²) in [6.07, 6.45) is 2.75. The third-order valence-electron chi connectivity index (χ3n) is 3.49. The number of hydrogen-bond acceptors (Lipinski definition) is 5. The summed E-state index contributed by atoms with van der Waals surface area (Å²) in [5.74, 6) is 0.852. The average Bonchev–Trinajstić information content (AvgIpc) is 3.11. The van der Waals surface area contributed by atoms with Crippen molar-refractivity contribution in [1.29, 1.82) is 0 Å². The maximum absolute atomic E-state index is 5.50. The zero-order valence-corrected chi connectivity index (χ0v) is 14.0. The number of rotatable bonds is 8. The van der Waals surface area contributed by atoms with E-state index in [9.17, 15) is 0 Å². The van der Waals surface area contributed by atoms with Crippen LogP contribution in [0.3, 0.4) is 0 Å². The number of hydrogen-bond donors (Lipinski definition) is 1. The highest BCUT2D eigenvalue weighted by molar-refractivity contribution is 7.09. The molecule has 5 nitrogen and oxygen atoms in total. The van der Waals surface area contributed by atoms with Crippen LogP contribution >= 0.6 is 11.3 Å². The van der Waals surface area contributed by atoms with E-state index in [1.54, 1.807) is 18.4 Å². The molecule has 0 spiro atoms. The zero-order valence-electron chi connectivity index (χ0n) is 13.2. The zero-order chi connectivity index (χ0) is 15.2. The van der Waals surface area contributed by atoms with Gasteiger partial charge in [0.05, 0.1) is 31.6 Å². The van der Waals surface area contributed by atoms with Gasteiger partial charge in [0, 0.05) is 17.8 Å². The van der Waals surface area contributed by atoms with Crippen molar-refractivity contribution in [2.75, 3.05) is 34.8 Å². The molecule has 0 fully saturated rings. The summed E-state index contributed by atoms with van der Waals surface area (Å²) in [6, 6.07) is 4.46. The van der Waals surface area contributed by atoms with E-state index in [-0.39, 0.29) is 6.04 Å². The SMILES string of the molecule is CNC(Cc1cccs1)c1c(OC)cnn1CCN(C)C. The molecule has 0 aliphatic carbocycles. The molecule has 0 aliphatic rings. The molecule has 0 radical (unpaired) electrons. The number of likely N-dealkylation sites (N-methyl/N-ethyl adjacent to an activating group) is 2. The van der Waals surface area contributed by atoms with Crippen molar-refractivity contribution in [1.82, 2.24) is 20.0 Å². The number of thiophene rings is 1. The van der Waals surface area contributed by atoms with Gasteiger partial charge in [-0.2, -0.15) is 5.10 Å². The quantitative estimate of drug-likeness (QED) is 0.810. The van der Waals surface area contributed by atoms with Gasteiger partial charge in [-0.25, -0.2) is 0 Å². The fourth-order valence-corrected chi connectivity index (χ4v) is 3.08. The van der Waals surface area contributed by atoms with Crippen LogP contribution in [0.4, 0.5) is 0 Å². The third kappa shape index (κ3) is 4.06. The van der Waals surface area contributed by atoms with E-state index >= 15 is 0 Å². The Morgan fingerprint density at radius 3 is 2.86 bits per heavy atom. The largest absolute Gasteiger partial charge is 0.493 e. The van der Waals surface area contributed by atoms with Crippen molar-refractivity contribution < 1.29 is 4.74 Å². The van der Waals surface area contributed by atoms with E-state index in [2.05, 4.69) is 46.9 Å². The molecule has 21 heavy (non-hydrogen) atoms. The number of aromatic nitrogens is 2. The van der Waals surface area contributed by atoms with Crippen LogP contribution in [0.15, 0.2) is 23.7 Å². The van der Waals surface area contributed by atoms with Gasteiger partial charge in [-0.3, -0.25) is 4.68 Å². The summed E-state index contributed by atoms with van der Waals surface area (Å²) in [6.45, 7) is 1.81. The summed E-state index contributed by atoms with van der Waals surface area (Å²) in [5.41, 5.74) is 1.12. The minimum absolute atomic E-state index is 0.197. The normalized spacial score (nSPS) is 12.8. The average molecular weight is 308 g/mol. The first kappa shape index (κ1) is 16.0. The van der Waals surface area contributed by atoms with Gasteiger partial charge in [-0.05, 0) is 32.6 Å². The molecule has 2 aromatic rings.